The highest BCUT2D eigenvalue weighted by Gasteiger charge is 2.34. The second kappa shape index (κ2) is 8.29. The summed E-state index contributed by atoms with van der Waals surface area (Å²) in [4.78, 5) is 0. The van der Waals surface area contributed by atoms with Gasteiger partial charge in [-0.2, -0.15) is 0 Å². The molecule has 152 valence electrons. The summed E-state index contributed by atoms with van der Waals surface area (Å²) < 4.78 is 22.7. The van der Waals surface area contributed by atoms with E-state index in [1.54, 1.807) is 0 Å². The van der Waals surface area contributed by atoms with Crippen molar-refractivity contribution in [3.05, 3.63) is 51.4 Å². The molecule has 4 nitrogen and oxygen atoms in total. The van der Waals surface area contributed by atoms with Crippen molar-refractivity contribution in [1.29, 1.82) is 0 Å². The minimum absolute atomic E-state index is 0.123. The van der Waals surface area contributed by atoms with Crippen molar-refractivity contribution in [3.63, 3.8) is 0 Å². The largest absolute Gasteiger partial charge is 0.392 e. The van der Waals surface area contributed by atoms with Crippen LogP contribution in [0.5, 0.6) is 0 Å². The van der Waals surface area contributed by atoms with Gasteiger partial charge in [-0.1, -0.05) is 65.3 Å². The van der Waals surface area contributed by atoms with Crippen molar-refractivity contribution in [2.45, 2.75) is 72.8 Å². The van der Waals surface area contributed by atoms with E-state index in [1.165, 1.54) is 11.6 Å². The van der Waals surface area contributed by atoms with E-state index in [4.69, 9.17) is 5.14 Å². The lowest BCUT2D eigenvalue weighted by Gasteiger charge is -2.38. The Hall–Kier alpha value is -1.43. The molecule has 0 bridgehead atoms. The number of aliphatic hydroxyl groups excluding tert-OH is 1. The van der Waals surface area contributed by atoms with Crippen molar-refractivity contribution in [2.75, 3.05) is 0 Å². The Balaban J connectivity index is 3.81. The van der Waals surface area contributed by atoms with Gasteiger partial charge in [0.25, 0.3) is 0 Å². The van der Waals surface area contributed by atoms with Crippen LogP contribution in [0.2, 0.25) is 0 Å². The Morgan fingerprint density at radius 3 is 2.15 bits per heavy atom. The molecule has 0 saturated carbocycles. The fourth-order valence-electron chi connectivity index (χ4n) is 3.33. The van der Waals surface area contributed by atoms with Gasteiger partial charge in [0.2, 0.25) is 10.0 Å². The van der Waals surface area contributed by atoms with Crippen molar-refractivity contribution in [1.82, 2.24) is 0 Å². The number of sulfonamides is 1. The predicted molar refractivity (Wildman–Crippen MR) is 115 cm³/mol. The van der Waals surface area contributed by atoms with Crippen LogP contribution in [0.15, 0.2) is 29.2 Å². The van der Waals surface area contributed by atoms with Crippen LogP contribution in [0, 0.1) is 5.92 Å². The molecule has 1 unspecified atom stereocenters. The Labute approximate surface area is 165 Å². The summed E-state index contributed by atoms with van der Waals surface area (Å²) in [6.07, 6.45) is 3.60. The fraction of sp³-hybridized carbons (Fsp3) is 0.545. The van der Waals surface area contributed by atoms with Crippen LogP contribution in [0.25, 0.3) is 6.08 Å². The molecule has 0 aromatic heterocycles. The number of hydrogen-bond acceptors (Lipinski definition) is 3. The standard InChI is InChI=1S/C22H35NO3S/c1-9-15(2)16(3)22(7,8)20-12-17(10-11-27(23,25)26)18(14-24)13-19(20)21(4,5)6/h9-13,16,24H,14H2,1-8H3,(H2,23,25,26)/b11-10+,15-9-. The third kappa shape index (κ3) is 5.77. The first-order valence-electron chi connectivity index (χ1n) is 9.27. The zero-order valence-electron chi connectivity index (χ0n) is 17.9. The first-order chi connectivity index (χ1) is 12.1. The lowest BCUT2D eigenvalue weighted by Crippen LogP contribution is -2.31. The number of hydrogen-bond donors (Lipinski definition) is 2. The summed E-state index contributed by atoms with van der Waals surface area (Å²) in [6, 6.07) is 4.00. The molecule has 0 radical (unpaired) electrons. The number of rotatable bonds is 6. The topological polar surface area (TPSA) is 80.4 Å². The Kier molecular flexibility index (Phi) is 7.25. The summed E-state index contributed by atoms with van der Waals surface area (Å²) >= 11 is 0. The molecular weight excluding hydrogens is 358 g/mol. The van der Waals surface area contributed by atoms with Crippen LogP contribution in [0.3, 0.4) is 0 Å². The van der Waals surface area contributed by atoms with E-state index in [0.717, 1.165) is 16.5 Å². The van der Waals surface area contributed by atoms with Gasteiger partial charge in [0, 0.05) is 5.41 Å². The summed E-state index contributed by atoms with van der Waals surface area (Å²) in [5.41, 5.74) is 4.66. The van der Waals surface area contributed by atoms with Crippen LogP contribution < -0.4 is 5.14 Å². The minimum Gasteiger partial charge on any atom is -0.392 e. The molecule has 5 heteroatoms. The van der Waals surface area contributed by atoms with Gasteiger partial charge in [-0.15, -0.1) is 0 Å². The quantitative estimate of drug-likeness (QED) is 0.692. The van der Waals surface area contributed by atoms with E-state index in [2.05, 4.69) is 54.5 Å². The SMILES string of the molecule is C/C=C(/C)C(C)C(C)(C)c1cc(/C=C/S(N)(=O)=O)c(CO)cc1C(C)(C)C. The van der Waals surface area contributed by atoms with E-state index in [9.17, 15) is 13.5 Å². The number of allylic oxidation sites excluding steroid dienone is 2. The Morgan fingerprint density at radius 1 is 1.19 bits per heavy atom. The zero-order chi connectivity index (χ0) is 21.2. The molecule has 1 atom stereocenters. The number of nitrogens with two attached hydrogens (primary N) is 1. The van der Waals surface area contributed by atoms with Gasteiger partial charge in [-0.05, 0) is 58.9 Å². The van der Waals surface area contributed by atoms with Gasteiger partial charge >= 0.3 is 0 Å². The van der Waals surface area contributed by atoms with Crippen LogP contribution in [0.4, 0.5) is 0 Å². The van der Waals surface area contributed by atoms with Gasteiger partial charge in [0.1, 0.15) is 0 Å². The Bertz CT molecular complexity index is 841. The van der Waals surface area contributed by atoms with Crippen LogP contribution in [-0.4, -0.2) is 13.5 Å². The van der Waals surface area contributed by atoms with Gasteiger partial charge in [-0.25, -0.2) is 13.6 Å². The number of primary sulfonamides is 1. The van der Waals surface area contributed by atoms with Crippen molar-refractivity contribution in [2.24, 2.45) is 11.1 Å². The highest BCUT2D eigenvalue weighted by Crippen LogP contribution is 2.42. The smallest absolute Gasteiger partial charge is 0.231 e. The predicted octanol–water partition coefficient (Wildman–Crippen LogP) is 4.62. The van der Waals surface area contributed by atoms with Crippen molar-refractivity contribution in [3.8, 4) is 0 Å². The van der Waals surface area contributed by atoms with Crippen molar-refractivity contribution >= 4 is 16.1 Å². The van der Waals surface area contributed by atoms with Gasteiger partial charge in [-0.3, -0.25) is 0 Å². The van der Waals surface area contributed by atoms with Crippen LogP contribution >= 0.6 is 0 Å². The molecule has 1 aromatic carbocycles. The first kappa shape index (κ1) is 23.6. The molecule has 0 aliphatic rings. The normalized spacial score (nSPS) is 15.4. The summed E-state index contributed by atoms with van der Waals surface area (Å²) in [7, 11) is -3.74. The molecule has 0 aliphatic heterocycles. The maximum Gasteiger partial charge on any atom is 0.231 e. The van der Waals surface area contributed by atoms with E-state index in [-0.39, 0.29) is 17.4 Å². The molecule has 0 saturated heterocycles. The number of benzene rings is 1. The average Bonchev–Trinajstić information content (AvgIpc) is 2.55. The zero-order valence-corrected chi connectivity index (χ0v) is 18.7. The third-order valence-corrected chi connectivity index (χ3v) is 6.13. The van der Waals surface area contributed by atoms with Crippen molar-refractivity contribution < 1.29 is 13.5 Å². The molecule has 0 spiro atoms. The molecule has 27 heavy (non-hydrogen) atoms. The maximum atomic E-state index is 11.4. The highest BCUT2D eigenvalue weighted by atomic mass is 32.2. The lowest BCUT2D eigenvalue weighted by atomic mass is 9.66. The molecule has 1 rings (SSSR count). The monoisotopic (exact) mass is 393 g/mol. The summed E-state index contributed by atoms with van der Waals surface area (Å²) in [5.74, 6) is 0.290. The van der Waals surface area contributed by atoms with E-state index in [0.29, 0.717) is 17.0 Å². The summed E-state index contributed by atoms with van der Waals surface area (Å²) in [6.45, 7) is 17.1. The van der Waals surface area contributed by atoms with E-state index >= 15 is 0 Å². The number of aliphatic hydroxyl groups is 1. The Morgan fingerprint density at radius 2 is 1.74 bits per heavy atom. The van der Waals surface area contributed by atoms with Crippen LogP contribution in [0.1, 0.15) is 77.6 Å². The lowest BCUT2D eigenvalue weighted by molar-refractivity contribution is 0.281. The maximum absolute atomic E-state index is 11.4. The molecular formula is C22H35NO3S. The van der Waals surface area contributed by atoms with Crippen LogP contribution in [-0.2, 0) is 27.5 Å². The van der Waals surface area contributed by atoms with E-state index < -0.39 is 10.0 Å². The average molecular weight is 394 g/mol. The van der Waals surface area contributed by atoms with Gasteiger partial charge < -0.3 is 5.11 Å². The molecule has 0 fully saturated rings. The minimum atomic E-state index is -3.74. The third-order valence-electron chi connectivity index (χ3n) is 5.61. The summed E-state index contributed by atoms with van der Waals surface area (Å²) in [5, 5.41) is 15.9. The molecule has 0 amide bonds. The first-order valence-corrected chi connectivity index (χ1v) is 10.9. The second-order valence-corrected chi connectivity index (χ2v) is 10.3. The molecule has 0 heterocycles. The van der Waals surface area contributed by atoms with E-state index in [1.807, 2.05) is 19.1 Å². The second-order valence-electron chi connectivity index (χ2n) is 8.87. The van der Waals surface area contributed by atoms with Gasteiger partial charge in [0.15, 0.2) is 0 Å². The van der Waals surface area contributed by atoms with Gasteiger partial charge in [0.05, 0.1) is 6.61 Å². The fourth-order valence-corrected chi connectivity index (χ4v) is 3.66. The molecule has 0 aliphatic carbocycles. The molecule has 1 aromatic rings. The highest BCUT2D eigenvalue weighted by molar-refractivity contribution is 7.92. The molecule has 3 N–H and O–H groups in total.